The minimum absolute atomic E-state index is 0.618. The van der Waals surface area contributed by atoms with Crippen LogP contribution in [0.1, 0.15) is 59.3 Å². The van der Waals surface area contributed by atoms with Crippen molar-refractivity contribution in [2.24, 2.45) is 11.3 Å². The van der Waals surface area contributed by atoms with Gasteiger partial charge < -0.3 is 5.32 Å². The van der Waals surface area contributed by atoms with Gasteiger partial charge in [0.25, 0.3) is 0 Å². The van der Waals surface area contributed by atoms with Crippen molar-refractivity contribution in [2.75, 3.05) is 0 Å². The lowest BCUT2D eigenvalue weighted by molar-refractivity contribution is 0.110. The average molecular weight is 195 g/mol. The van der Waals surface area contributed by atoms with E-state index < -0.39 is 0 Å². The number of hydrogen-bond acceptors (Lipinski definition) is 1. The van der Waals surface area contributed by atoms with Gasteiger partial charge in [0.1, 0.15) is 0 Å². The Morgan fingerprint density at radius 2 is 1.71 bits per heavy atom. The predicted octanol–water partition coefficient (Wildman–Crippen LogP) is 3.34. The molecular formula is C13H25N. The fraction of sp³-hybridized carbons (Fsp3) is 1.00. The first-order valence-electron chi connectivity index (χ1n) is 6.33. The molecule has 0 bridgehead atoms. The molecule has 0 aromatic carbocycles. The molecule has 0 aromatic heterocycles. The third-order valence-electron chi connectivity index (χ3n) is 4.20. The summed E-state index contributed by atoms with van der Waals surface area (Å²) in [6.45, 7) is 7.15. The molecule has 1 heteroatoms. The zero-order chi connectivity index (χ0) is 10.2. The summed E-state index contributed by atoms with van der Waals surface area (Å²) in [6, 6.07) is 1.58. The molecule has 0 heterocycles. The van der Waals surface area contributed by atoms with E-state index >= 15 is 0 Å². The van der Waals surface area contributed by atoms with Crippen LogP contribution < -0.4 is 5.32 Å². The van der Waals surface area contributed by atoms with Crippen molar-refractivity contribution in [3.8, 4) is 0 Å². The molecule has 2 fully saturated rings. The summed E-state index contributed by atoms with van der Waals surface area (Å²) in [7, 11) is 0. The summed E-state index contributed by atoms with van der Waals surface area (Å²) < 4.78 is 0. The van der Waals surface area contributed by atoms with Crippen LogP contribution in [-0.4, -0.2) is 12.1 Å². The Morgan fingerprint density at radius 3 is 2.21 bits per heavy atom. The van der Waals surface area contributed by atoms with Crippen LogP contribution in [0.15, 0.2) is 0 Å². The highest BCUT2D eigenvalue weighted by Gasteiger charge is 2.37. The fourth-order valence-corrected chi connectivity index (χ4v) is 3.36. The van der Waals surface area contributed by atoms with Crippen LogP contribution in [-0.2, 0) is 0 Å². The zero-order valence-corrected chi connectivity index (χ0v) is 9.97. The van der Waals surface area contributed by atoms with E-state index in [0.29, 0.717) is 5.41 Å². The van der Waals surface area contributed by atoms with Crippen LogP contribution >= 0.6 is 0 Å². The van der Waals surface area contributed by atoms with Crippen molar-refractivity contribution >= 4 is 0 Å². The van der Waals surface area contributed by atoms with Crippen LogP contribution in [0.5, 0.6) is 0 Å². The summed E-state index contributed by atoms with van der Waals surface area (Å²) in [5.74, 6) is 0.971. The minimum atomic E-state index is 0.618. The summed E-state index contributed by atoms with van der Waals surface area (Å²) in [5.41, 5.74) is 0.618. The van der Waals surface area contributed by atoms with E-state index in [9.17, 15) is 0 Å². The first-order chi connectivity index (χ1) is 6.57. The molecule has 0 aromatic rings. The Balaban J connectivity index is 1.70. The van der Waals surface area contributed by atoms with Gasteiger partial charge in [0.05, 0.1) is 0 Å². The van der Waals surface area contributed by atoms with Crippen LogP contribution in [0.4, 0.5) is 0 Å². The number of rotatable bonds is 3. The second-order valence-electron chi connectivity index (χ2n) is 6.27. The molecule has 2 aliphatic carbocycles. The Labute approximate surface area is 88.7 Å². The van der Waals surface area contributed by atoms with E-state index in [1.165, 1.54) is 38.5 Å². The van der Waals surface area contributed by atoms with E-state index in [4.69, 9.17) is 0 Å². The molecule has 1 nitrogen and oxygen atoms in total. The van der Waals surface area contributed by atoms with E-state index in [2.05, 4.69) is 26.1 Å². The molecule has 0 spiro atoms. The summed E-state index contributed by atoms with van der Waals surface area (Å²) >= 11 is 0. The first kappa shape index (κ1) is 10.5. The van der Waals surface area contributed by atoms with Gasteiger partial charge in [-0.05, 0) is 43.9 Å². The van der Waals surface area contributed by atoms with Gasteiger partial charge in [-0.25, -0.2) is 0 Å². The van der Waals surface area contributed by atoms with Crippen molar-refractivity contribution in [3.05, 3.63) is 0 Å². The molecule has 0 unspecified atom stereocenters. The zero-order valence-electron chi connectivity index (χ0n) is 9.97. The maximum Gasteiger partial charge on any atom is 0.00798 e. The number of hydrogen-bond donors (Lipinski definition) is 1. The third-order valence-corrected chi connectivity index (χ3v) is 4.20. The molecular weight excluding hydrogens is 170 g/mol. The van der Waals surface area contributed by atoms with Crippen molar-refractivity contribution < 1.29 is 0 Å². The quantitative estimate of drug-likeness (QED) is 0.728. The molecule has 1 atom stereocenters. The molecule has 0 radical (unpaired) electrons. The largest absolute Gasteiger partial charge is 0.311 e. The molecule has 1 N–H and O–H groups in total. The smallest absolute Gasteiger partial charge is 0.00798 e. The van der Waals surface area contributed by atoms with Crippen LogP contribution in [0.25, 0.3) is 0 Å². The van der Waals surface area contributed by atoms with Gasteiger partial charge in [-0.15, -0.1) is 0 Å². The molecule has 2 aliphatic rings. The SMILES string of the molecule is C[C@@H](NC1CC(C)(C)C1)C1CCCC1. The van der Waals surface area contributed by atoms with E-state index in [1.54, 1.807) is 0 Å². The summed E-state index contributed by atoms with van der Waals surface area (Å²) in [6.07, 6.45) is 8.61. The van der Waals surface area contributed by atoms with Crippen molar-refractivity contribution in [1.29, 1.82) is 0 Å². The Bertz CT molecular complexity index is 183. The van der Waals surface area contributed by atoms with E-state index in [-0.39, 0.29) is 0 Å². The van der Waals surface area contributed by atoms with Gasteiger partial charge in [0.15, 0.2) is 0 Å². The highest BCUT2D eigenvalue weighted by atomic mass is 15.0. The lowest BCUT2D eigenvalue weighted by Gasteiger charge is -2.45. The summed E-state index contributed by atoms with van der Waals surface area (Å²) in [4.78, 5) is 0. The Morgan fingerprint density at radius 1 is 1.14 bits per heavy atom. The van der Waals surface area contributed by atoms with Crippen LogP contribution in [0.2, 0.25) is 0 Å². The summed E-state index contributed by atoms with van der Waals surface area (Å²) in [5, 5.41) is 3.81. The topological polar surface area (TPSA) is 12.0 Å². The van der Waals surface area contributed by atoms with Gasteiger partial charge >= 0.3 is 0 Å². The van der Waals surface area contributed by atoms with E-state index in [1.807, 2.05) is 0 Å². The molecule has 2 rings (SSSR count). The van der Waals surface area contributed by atoms with Gasteiger partial charge in [-0.2, -0.15) is 0 Å². The maximum absolute atomic E-state index is 3.81. The number of nitrogens with one attached hydrogen (secondary N) is 1. The molecule has 0 amide bonds. The van der Waals surface area contributed by atoms with Crippen molar-refractivity contribution in [2.45, 2.75) is 71.4 Å². The molecule has 14 heavy (non-hydrogen) atoms. The normalized spacial score (nSPS) is 30.2. The highest BCUT2D eigenvalue weighted by Crippen LogP contribution is 2.40. The third kappa shape index (κ3) is 2.31. The van der Waals surface area contributed by atoms with E-state index in [0.717, 1.165) is 18.0 Å². The van der Waals surface area contributed by atoms with Gasteiger partial charge in [-0.3, -0.25) is 0 Å². The highest BCUT2D eigenvalue weighted by molar-refractivity contribution is 4.93. The molecule has 2 saturated carbocycles. The fourth-order valence-electron chi connectivity index (χ4n) is 3.36. The van der Waals surface area contributed by atoms with Crippen molar-refractivity contribution in [3.63, 3.8) is 0 Å². The Kier molecular flexibility index (Phi) is 2.88. The Hall–Kier alpha value is -0.0400. The standard InChI is InChI=1S/C13H25N/c1-10(11-6-4-5-7-11)14-12-8-13(2,3)9-12/h10-12,14H,4-9H2,1-3H3/t10-/m1/s1. The average Bonchev–Trinajstić information content (AvgIpc) is 2.51. The van der Waals surface area contributed by atoms with Crippen LogP contribution in [0, 0.1) is 11.3 Å². The maximum atomic E-state index is 3.81. The van der Waals surface area contributed by atoms with Gasteiger partial charge in [-0.1, -0.05) is 26.7 Å². The first-order valence-corrected chi connectivity index (χ1v) is 6.33. The van der Waals surface area contributed by atoms with Gasteiger partial charge in [0, 0.05) is 12.1 Å². The molecule has 82 valence electrons. The lowest BCUT2D eigenvalue weighted by atomic mass is 9.68. The second-order valence-corrected chi connectivity index (χ2v) is 6.27. The second kappa shape index (κ2) is 3.84. The van der Waals surface area contributed by atoms with Crippen LogP contribution in [0.3, 0.4) is 0 Å². The lowest BCUT2D eigenvalue weighted by Crippen LogP contribution is -2.50. The van der Waals surface area contributed by atoms with Gasteiger partial charge in [0.2, 0.25) is 0 Å². The van der Waals surface area contributed by atoms with Crippen molar-refractivity contribution in [1.82, 2.24) is 5.32 Å². The monoisotopic (exact) mass is 195 g/mol. The predicted molar refractivity (Wildman–Crippen MR) is 61.4 cm³/mol. The minimum Gasteiger partial charge on any atom is -0.311 e. The molecule has 0 aliphatic heterocycles. The molecule has 0 saturated heterocycles.